The van der Waals surface area contributed by atoms with E-state index in [4.69, 9.17) is 0 Å². The number of aromatic nitrogens is 2. The third kappa shape index (κ3) is 2.50. The lowest BCUT2D eigenvalue weighted by atomic mass is 9.97. The second kappa shape index (κ2) is 5.88. The number of aromatic carboxylic acids is 1. The molecule has 1 aliphatic rings. The van der Waals surface area contributed by atoms with Crippen molar-refractivity contribution in [3.8, 4) is 0 Å². The van der Waals surface area contributed by atoms with E-state index in [9.17, 15) is 14.7 Å². The molecule has 2 atom stereocenters. The number of nitrogens with zero attached hydrogens (tertiary/aromatic N) is 2. The van der Waals surface area contributed by atoms with Gasteiger partial charge in [0.05, 0.1) is 11.0 Å². The molecular weight excluding hydrogens is 282 g/mol. The average Bonchev–Trinajstić information content (AvgIpc) is 2.54. The predicted octanol–water partition coefficient (Wildman–Crippen LogP) is 1.80. The number of hydrogen-bond donors (Lipinski definition) is 2. The Bertz CT molecular complexity index is 769. The van der Waals surface area contributed by atoms with Crippen LogP contribution in [-0.2, 0) is 0 Å². The monoisotopic (exact) mass is 301 g/mol. The number of benzene rings is 1. The number of fused-ring (bicyclic) bond motifs is 1. The van der Waals surface area contributed by atoms with Crippen molar-refractivity contribution in [1.29, 1.82) is 0 Å². The van der Waals surface area contributed by atoms with Crippen LogP contribution in [0.3, 0.4) is 0 Å². The number of rotatable bonds is 3. The molecule has 0 unspecified atom stereocenters. The molecule has 116 valence electrons. The third-order valence-corrected chi connectivity index (χ3v) is 4.32. The highest BCUT2D eigenvalue weighted by Crippen LogP contribution is 2.25. The Kier molecular flexibility index (Phi) is 3.94. The minimum Gasteiger partial charge on any atom is -0.476 e. The van der Waals surface area contributed by atoms with Gasteiger partial charge in [-0.15, -0.1) is 0 Å². The molecule has 0 aliphatic carbocycles. The lowest BCUT2D eigenvalue weighted by molar-refractivity contribution is 0.0687. The topological polar surface area (TPSA) is 84.2 Å². The number of nitrogens with one attached hydrogen (secondary N) is 1. The molecule has 6 heteroatoms. The summed E-state index contributed by atoms with van der Waals surface area (Å²) in [7, 11) is 0. The van der Waals surface area contributed by atoms with E-state index >= 15 is 0 Å². The smallest absolute Gasteiger partial charge is 0.360 e. The van der Waals surface area contributed by atoms with Crippen molar-refractivity contribution in [2.75, 3.05) is 6.54 Å². The first kappa shape index (κ1) is 14.7. The van der Waals surface area contributed by atoms with E-state index < -0.39 is 17.2 Å². The Morgan fingerprint density at radius 1 is 1.45 bits per heavy atom. The molecule has 0 bridgehead atoms. The van der Waals surface area contributed by atoms with Crippen molar-refractivity contribution in [3.63, 3.8) is 0 Å². The van der Waals surface area contributed by atoms with E-state index in [0.29, 0.717) is 17.1 Å². The number of carboxylic acids is 1. The van der Waals surface area contributed by atoms with E-state index in [-0.39, 0.29) is 6.04 Å². The fourth-order valence-electron chi connectivity index (χ4n) is 3.19. The number of para-hydroxylation sites is 2. The van der Waals surface area contributed by atoms with Crippen molar-refractivity contribution in [2.45, 2.75) is 38.3 Å². The maximum Gasteiger partial charge on any atom is 0.360 e. The zero-order valence-electron chi connectivity index (χ0n) is 12.5. The van der Waals surface area contributed by atoms with Gasteiger partial charge >= 0.3 is 5.97 Å². The molecular formula is C16H19N3O3. The van der Waals surface area contributed by atoms with Gasteiger partial charge < -0.3 is 15.0 Å². The maximum absolute atomic E-state index is 12.6. The molecule has 0 radical (unpaired) electrons. The van der Waals surface area contributed by atoms with Crippen LogP contribution in [0.15, 0.2) is 29.1 Å². The zero-order chi connectivity index (χ0) is 15.7. The minimum absolute atomic E-state index is 0.00435. The van der Waals surface area contributed by atoms with Crippen LogP contribution in [-0.4, -0.2) is 33.2 Å². The molecule has 1 aliphatic heterocycles. The summed E-state index contributed by atoms with van der Waals surface area (Å²) in [6, 6.07) is 7.58. The van der Waals surface area contributed by atoms with Crippen LogP contribution in [0.5, 0.6) is 0 Å². The summed E-state index contributed by atoms with van der Waals surface area (Å²) in [6.45, 7) is 2.94. The largest absolute Gasteiger partial charge is 0.476 e. The van der Waals surface area contributed by atoms with E-state index in [1.54, 1.807) is 16.7 Å². The first-order chi connectivity index (χ1) is 10.6. The second-order valence-corrected chi connectivity index (χ2v) is 5.67. The first-order valence-electron chi connectivity index (χ1n) is 7.59. The molecule has 2 aromatic rings. The van der Waals surface area contributed by atoms with Crippen LogP contribution in [0.1, 0.15) is 42.7 Å². The summed E-state index contributed by atoms with van der Waals surface area (Å²) in [4.78, 5) is 28.0. The van der Waals surface area contributed by atoms with E-state index in [1.165, 1.54) is 0 Å². The second-order valence-electron chi connectivity index (χ2n) is 5.67. The van der Waals surface area contributed by atoms with Gasteiger partial charge in [-0.2, -0.15) is 0 Å². The van der Waals surface area contributed by atoms with E-state index in [1.807, 2.05) is 12.1 Å². The Hall–Kier alpha value is -2.21. The average molecular weight is 301 g/mol. The molecule has 0 spiro atoms. The predicted molar refractivity (Wildman–Crippen MR) is 83.3 cm³/mol. The first-order valence-corrected chi connectivity index (χ1v) is 7.59. The maximum atomic E-state index is 12.6. The van der Waals surface area contributed by atoms with Crippen molar-refractivity contribution < 1.29 is 9.90 Å². The van der Waals surface area contributed by atoms with Gasteiger partial charge in [0, 0.05) is 12.1 Å². The number of piperidine rings is 1. The van der Waals surface area contributed by atoms with Gasteiger partial charge in [0.15, 0.2) is 0 Å². The standard InChI is InChI=1S/C16H19N3O3/c1-2-10-9-11(7-8-17-10)19-13-6-4-3-5-12(13)18-14(15(19)20)16(21)22/h3-6,10-11,17H,2,7-9H2,1H3,(H,21,22)/t10-,11-/m1/s1. The highest BCUT2D eigenvalue weighted by Gasteiger charge is 2.26. The normalized spacial score (nSPS) is 21.9. The molecule has 0 saturated carbocycles. The highest BCUT2D eigenvalue weighted by molar-refractivity contribution is 5.88. The fraction of sp³-hybridized carbons (Fsp3) is 0.438. The number of carbonyl (C=O) groups is 1. The van der Waals surface area contributed by atoms with E-state index in [2.05, 4.69) is 17.2 Å². The van der Waals surface area contributed by atoms with Crippen molar-refractivity contribution in [2.24, 2.45) is 0 Å². The van der Waals surface area contributed by atoms with Crippen LogP contribution in [0.2, 0.25) is 0 Å². The van der Waals surface area contributed by atoms with Crippen LogP contribution >= 0.6 is 0 Å². The van der Waals surface area contributed by atoms with Gasteiger partial charge in [-0.1, -0.05) is 19.1 Å². The molecule has 2 heterocycles. The molecule has 3 rings (SSSR count). The molecule has 0 amide bonds. The Morgan fingerprint density at radius 3 is 2.95 bits per heavy atom. The molecule has 1 aromatic carbocycles. The summed E-state index contributed by atoms with van der Waals surface area (Å²) in [5.74, 6) is -1.27. The Balaban J connectivity index is 2.20. The van der Waals surface area contributed by atoms with Gasteiger partial charge in [-0.25, -0.2) is 9.78 Å². The minimum atomic E-state index is -1.27. The van der Waals surface area contributed by atoms with Crippen molar-refractivity contribution in [1.82, 2.24) is 14.9 Å². The quantitative estimate of drug-likeness (QED) is 0.903. The van der Waals surface area contributed by atoms with Crippen LogP contribution in [0, 0.1) is 0 Å². The van der Waals surface area contributed by atoms with Crippen LogP contribution < -0.4 is 10.9 Å². The summed E-state index contributed by atoms with van der Waals surface area (Å²) in [5.41, 5.74) is 0.351. The van der Waals surface area contributed by atoms with Crippen molar-refractivity contribution in [3.05, 3.63) is 40.3 Å². The SMILES string of the molecule is CC[C@@H]1C[C@H](n2c(=O)c(C(=O)O)nc3ccccc32)CCN1. The van der Waals surface area contributed by atoms with Crippen LogP contribution in [0.4, 0.5) is 0 Å². The van der Waals surface area contributed by atoms with Gasteiger partial charge in [0.2, 0.25) is 5.69 Å². The number of hydrogen-bond acceptors (Lipinski definition) is 4. The van der Waals surface area contributed by atoms with Gasteiger partial charge in [0.1, 0.15) is 0 Å². The van der Waals surface area contributed by atoms with Gasteiger partial charge in [0.25, 0.3) is 5.56 Å². The molecule has 1 aromatic heterocycles. The fourth-order valence-corrected chi connectivity index (χ4v) is 3.19. The summed E-state index contributed by atoms with van der Waals surface area (Å²) in [6.07, 6.45) is 2.62. The molecule has 6 nitrogen and oxygen atoms in total. The summed E-state index contributed by atoms with van der Waals surface area (Å²) in [5, 5.41) is 12.7. The molecule has 2 N–H and O–H groups in total. The Labute approximate surface area is 127 Å². The summed E-state index contributed by atoms with van der Waals surface area (Å²) >= 11 is 0. The number of carboxylic acid groups (broad SMARTS) is 1. The zero-order valence-corrected chi connectivity index (χ0v) is 12.5. The van der Waals surface area contributed by atoms with Crippen molar-refractivity contribution >= 4 is 17.0 Å². The molecule has 22 heavy (non-hydrogen) atoms. The lowest BCUT2D eigenvalue weighted by Gasteiger charge is -2.31. The van der Waals surface area contributed by atoms with E-state index in [0.717, 1.165) is 25.8 Å². The van der Waals surface area contributed by atoms with Crippen LogP contribution in [0.25, 0.3) is 11.0 Å². The highest BCUT2D eigenvalue weighted by atomic mass is 16.4. The van der Waals surface area contributed by atoms with Gasteiger partial charge in [-0.05, 0) is 37.9 Å². The third-order valence-electron chi connectivity index (χ3n) is 4.32. The summed E-state index contributed by atoms with van der Waals surface area (Å²) < 4.78 is 1.63. The lowest BCUT2D eigenvalue weighted by Crippen LogP contribution is -2.42. The van der Waals surface area contributed by atoms with Gasteiger partial charge in [-0.3, -0.25) is 4.79 Å². The Morgan fingerprint density at radius 2 is 2.23 bits per heavy atom. The molecule has 1 saturated heterocycles. The molecule has 1 fully saturated rings.